The van der Waals surface area contributed by atoms with E-state index < -0.39 is 0 Å². The third-order valence-electron chi connectivity index (χ3n) is 4.25. The number of piperazine rings is 1. The first kappa shape index (κ1) is 14.1. The molecule has 1 unspecified atom stereocenters. The summed E-state index contributed by atoms with van der Waals surface area (Å²) in [5.41, 5.74) is 1.30. The summed E-state index contributed by atoms with van der Waals surface area (Å²) in [6, 6.07) is 14.8. The normalized spacial score (nSPS) is 20.0. The molecular weight excluding hydrogens is 260 g/mol. The molecule has 0 bridgehead atoms. The van der Waals surface area contributed by atoms with Crippen molar-refractivity contribution < 1.29 is 4.79 Å². The van der Waals surface area contributed by atoms with Gasteiger partial charge in [-0.05, 0) is 22.3 Å². The van der Waals surface area contributed by atoms with Crippen LogP contribution in [0, 0.1) is 5.92 Å². The van der Waals surface area contributed by atoms with Gasteiger partial charge in [-0.3, -0.25) is 9.69 Å². The summed E-state index contributed by atoms with van der Waals surface area (Å²) < 4.78 is 0. The molecule has 1 heterocycles. The fourth-order valence-corrected chi connectivity index (χ4v) is 3.28. The van der Waals surface area contributed by atoms with Gasteiger partial charge in [-0.15, -0.1) is 0 Å². The second-order valence-corrected chi connectivity index (χ2v) is 6.09. The predicted molar refractivity (Wildman–Crippen MR) is 86.0 cm³/mol. The van der Waals surface area contributed by atoms with Gasteiger partial charge in [-0.1, -0.05) is 56.3 Å². The second kappa shape index (κ2) is 5.86. The summed E-state index contributed by atoms with van der Waals surface area (Å²) in [5, 5.41) is 5.53. The van der Waals surface area contributed by atoms with Gasteiger partial charge in [0.05, 0.1) is 6.04 Å². The van der Waals surface area contributed by atoms with E-state index in [0.717, 1.165) is 19.6 Å². The van der Waals surface area contributed by atoms with E-state index in [4.69, 9.17) is 0 Å². The molecule has 1 saturated heterocycles. The highest BCUT2D eigenvalue weighted by atomic mass is 16.2. The molecule has 110 valence electrons. The average Bonchev–Trinajstić information content (AvgIpc) is 2.47. The molecule has 1 N–H and O–H groups in total. The molecule has 0 saturated carbocycles. The highest BCUT2D eigenvalue weighted by Crippen LogP contribution is 2.23. The van der Waals surface area contributed by atoms with E-state index in [9.17, 15) is 4.79 Å². The smallest absolute Gasteiger partial charge is 0.237 e. The lowest BCUT2D eigenvalue weighted by Gasteiger charge is -2.37. The molecule has 1 atom stereocenters. The molecule has 21 heavy (non-hydrogen) atoms. The summed E-state index contributed by atoms with van der Waals surface area (Å²) >= 11 is 0. The fraction of sp³-hybridized carbons (Fsp3) is 0.389. The largest absolute Gasteiger partial charge is 0.353 e. The lowest BCUT2D eigenvalue weighted by atomic mass is 9.97. The number of rotatable bonds is 3. The first-order chi connectivity index (χ1) is 10.2. The van der Waals surface area contributed by atoms with Crippen LogP contribution in [0.5, 0.6) is 0 Å². The van der Waals surface area contributed by atoms with Crippen LogP contribution >= 0.6 is 0 Å². The Morgan fingerprint density at radius 3 is 2.76 bits per heavy atom. The van der Waals surface area contributed by atoms with Crippen molar-refractivity contribution in [1.29, 1.82) is 0 Å². The van der Waals surface area contributed by atoms with Crippen molar-refractivity contribution in [3.63, 3.8) is 0 Å². The Hall–Kier alpha value is -1.87. The number of fused-ring (bicyclic) bond motifs is 1. The van der Waals surface area contributed by atoms with E-state index in [1.807, 2.05) is 0 Å². The average molecular weight is 282 g/mol. The van der Waals surface area contributed by atoms with Crippen molar-refractivity contribution >= 4 is 16.7 Å². The summed E-state index contributed by atoms with van der Waals surface area (Å²) in [4.78, 5) is 14.5. The Morgan fingerprint density at radius 2 is 1.95 bits per heavy atom. The summed E-state index contributed by atoms with van der Waals surface area (Å²) in [6.07, 6.45) is 0. The van der Waals surface area contributed by atoms with Crippen LogP contribution in [-0.4, -0.2) is 29.9 Å². The second-order valence-electron chi connectivity index (χ2n) is 6.09. The van der Waals surface area contributed by atoms with Crippen LogP contribution < -0.4 is 5.32 Å². The Labute approximate surface area is 125 Å². The van der Waals surface area contributed by atoms with Crippen molar-refractivity contribution in [1.82, 2.24) is 10.2 Å². The molecule has 3 nitrogen and oxygen atoms in total. The molecule has 1 fully saturated rings. The van der Waals surface area contributed by atoms with Crippen LogP contribution in [0.25, 0.3) is 10.8 Å². The molecule has 0 spiro atoms. The van der Waals surface area contributed by atoms with Crippen molar-refractivity contribution in [2.24, 2.45) is 5.92 Å². The Balaban J connectivity index is 1.92. The number of nitrogens with one attached hydrogen (secondary N) is 1. The van der Waals surface area contributed by atoms with Crippen molar-refractivity contribution in [2.45, 2.75) is 26.4 Å². The highest BCUT2D eigenvalue weighted by molar-refractivity contribution is 5.86. The fourth-order valence-electron chi connectivity index (χ4n) is 3.28. The van der Waals surface area contributed by atoms with Crippen LogP contribution in [0.2, 0.25) is 0 Å². The number of benzene rings is 2. The topological polar surface area (TPSA) is 32.3 Å². The third-order valence-corrected chi connectivity index (χ3v) is 4.25. The number of nitrogens with zero attached hydrogens (tertiary/aromatic N) is 1. The Bertz CT molecular complexity index is 645. The van der Waals surface area contributed by atoms with Gasteiger partial charge in [0, 0.05) is 19.6 Å². The molecule has 0 aliphatic carbocycles. The zero-order chi connectivity index (χ0) is 14.8. The van der Waals surface area contributed by atoms with E-state index in [2.05, 4.69) is 66.5 Å². The zero-order valence-electron chi connectivity index (χ0n) is 12.7. The van der Waals surface area contributed by atoms with Crippen LogP contribution in [0.15, 0.2) is 42.5 Å². The molecule has 2 aromatic rings. The van der Waals surface area contributed by atoms with Gasteiger partial charge in [0.2, 0.25) is 5.91 Å². The van der Waals surface area contributed by atoms with Gasteiger partial charge in [-0.25, -0.2) is 0 Å². The molecule has 0 radical (unpaired) electrons. The van der Waals surface area contributed by atoms with Gasteiger partial charge in [0.15, 0.2) is 0 Å². The Morgan fingerprint density at radius 1 is 1.19 bits per heavy atom. The number of hydrogen-bond acceptors (Lipinski definition) is 2. The maximum absolute atomic E-state index is 12.1. The molecule has 1 aliphatic rings. The van der Waals surface area contributed by atoms with Crippen LogP contribution in [0.3, 0.4) is 0 Å². The van der Waals surface area contributed by atoms with E-state index >= 15 is 0 Å². The quantitative estimate of drug-likeness (QED) is 0.939. The lowest BCUT2D eigenvalue weighted by molar-refractivity contribution is -0.131. The van der Waals surface area contributed by atoms with Crippen molar-refractivity contribution in [2.75, 3.05) is 13.1 Å². The first-order valence-corrected chi connectivity index (χ1v) is 7.65. The Kier molecular flexibility index (Phi) is 3.93. The highest BCUT2D eigenvalue weighted by Gasteiger charge is 2.32. The minimum Gasteiger partial charge on any atom is -0.353 e. The van der Waals surface area contributed by atoms with Crippen molar-refractivity contribution in [3.8, 4) is 0 Å². The standard InChI is InChI=1S/C18H22N2O/c1-13(2)17-18(21)19-10-11-20(17)12-15-8-5-7-14-6-3-4-9-16(14)15/h3-9,13,17H,10-12H2,1-2H3,(H,19,21). The summed E-state index contributed by atoms with van der Waals surface area (Å²) in [7, 11) is 0. The zero-order valence-corrected chi connectivity index (χ0v) is 12.7. The summed E-state index contributed by atoms with van der Waals surface area (Å²) in [5.74, 6) is 0.483. The number of hydrogen-bond donors (Lipinski definition) is 1. The summed E-state index contributed by atoms with van der Waals surface area (Å²) in [6.45, 7) is 6.72. The van der Waals surface area contributed by atoms with Gasteiger partial charge in [0.1, 0.15) is 0 Å². The van der Waals surface area contributed by atoms with Crippen LogP contribution in [0.1, 0.15) is 19.4 Å². The monoisotopic (exact) mass is 282 g/mol. The first-order valence-electron chi connectivity index (χ1n) is 7.65. The number of carbonyl (C=O) groups excluding carboxylic acids is 1. The molecule has 1 aliphatic heterocycles. The molecule has 3 heteroatoms. The molecule has 3 rings (SSSR count). The molecule has 0 aromatic heterocycles. The maximum atomic E-state index is 12.1. The van der Waals surface area contributed by atoms with E-state index in [0.29, 0.717) is 5.92 Å². The van der Waals surface area contributed by atoms with Crippen LogP contribution in [-0.2, 0) is 11.3 Å². The van der Waals surface area contributed by atoms with Gasteiger partial charge < -0.3 is 5.32 Å². The molecule has 2 aromatic carbocycles. The number of amides is 1. The van der Waals surface area contributed by atoms with E-state index in [-0.39, 0.29) is 11.9 Å². The van der Waals surface area contributed by atoms with E-state index in [1.165, 1.54) is 16.3 Å². The third kappa shape index (κ3) is 2.79. The molecule has 1 amide bonds. The lowest BCUT2D eigenvalue weighted by Crippen LogP contribution is -2.56. The molecular formula is C18H22N2O. The van der Waals surface area contributed by atoms with E-state index in [1.54, 1.807) is 0 Å². The maximum Gasteiger partial charge on any atom is 0.237 e. The van der Waals surface area contributed by atoms with Gasteiger partial charge in [-0.2, -0.15) is 0 Å². The van der Waals surface area contributed by atoms with Gasteiger partial charge in [0.25, 0.3) is 0 Å². The number of carbonyl (C=O) groups is 1. The minimum absolute atomic E-state index is 0.0299. The van der Waals surface area contributed by atoms with Crippen molar-refractivity contribution in [3.05, 3.63) is 48.0 Å². The minimum atomic E-state index is -0.0299. The van der Waals surface area contributed by atoms with Gasteiger partial charge >= 0.3 is 0 Å². The SMILES string of the molecule is CC(C)C1C(=O)NCCN1Cc1cccc2ccccc12. The predicted octanol–water partition coefficient (Wildman–Crippen LogP) is 2.80. The van der Waals surface area contributed by atoms with Crippen LogP contribution in [0.4, 0.5) is 0 Å².